The Kier molecular flexibility index (Phi) is 4.84. The highest BCUT2D eigenvalue weighted by Crippen LogP contribution is 2.35. The molecule has 0 radical (unpaired) electrons. The zero-order valence-electron chi connectivity index (χ0n) is 11.9. The van der Waals surface area contributed by atoms with Crippen LogP contribution in [0.2, 0.25) is 0 Å². The molecule has 0 saturated heterocycles. The second-order valence-corrected chi connectivity index (χ2v) is 5.28. The van der Waals surface area contributed by atoms with Gasteiger partial charge in [-0.3, -0.25) is 0 Å². The lowest BCUT2D eigenvalue weighted by atomic mass is 9.94. The first kappa shape index (κ1) is 14.7. The van der Waals surface area contributed by atoms with Crippen LogP contribution in [0.25, 0.3) is 0 Å². The minimum atomic E-state index is -0.400. The van der Waals surface area contributed by atoms with E-state index < -0.39 is 6.10 Å². The summed E-state index contributed by atoms with van der Waals surface area (Å²) in [5.74, 6) is 1.08. The average molecular weight is 278 g/mol. The van der Waals surface area contributed by atoms with Crippen LogP contribution in [-0.2, 0) is 0 Å². The predicted octanol–water partition coefficient (Wildman–Crippen LogP) is 1.62. The Bertz CT molecular complexity index is 462. The molecule has 1 aromatic carbocycles. The van der Waals surface area contributed by atoms with Crippen LogP contribution in [0.1, 0.15) is 31.7 Å². The number of para-hydroxylation sites is 1. The number of carbonyl (C=O) groups excluding carboxylic acids is 1. The van der Waals surface area contributed by atoms with Gasteiger partial charge in [0.1, 0.15) is 5.75 Å². The summed E-state index contributed by atoms with van der Waals surface area (Å²) in [6.07, 6.45) is 0.153. The van der Waals surface area contributed by atoms with Crippen molar-refractivity contribution in [2.24, 2.45) is 0 Å². The highest BCUT2D eigenvalue weighted by Gasteiger charge is 2.29. The van der Waals surface area contributed by atoms with E-state index in [4.69, 9.17) is 9.84 Å². The van der Waals surface area contributed by atoms with Crippen LogP contribution in [0.3, 0.4) is 0 Å². The molecule has 20 heavy (non-hydrogen) atoms. The van der Waals surface area contributed by atoms with Gasteiger partial charge in [-0.05, 0) is 26.3 Å². The smallest absolute Gasteiger partial charge is 0.315 e. The zero-order valence-corrected chi connectivity index (χ0v) is 11.9. The summed E-state index contributed by atoms with van der Waals surface area (Å²) >= 11 is 0. The van der Waals surface area contributed by atoms with Gasteiger partial charge in [-0.2, -0.15) is 0 Å². The third-order valence-corrected chi connectivity index (χ3v) is 3.55. The predicted molar refractivity (Wildman–Crippen MR) is 77.0 cm³/mol. The fourth-order valence-corrected chi connectivity index (χ4v) is 2.35. The van der Waals surface area contributed by atoms with Crippen molar-refractivity contribution in [3.8, 4) is 5.75 Å². The molecule has 3 atom stereocenters. The maximum absolute atomic E-state index is 11.8. The van der Waals surface area contributed by atoms with E-state index in [2.05, 4.69) is 10.6 Å². The van der Waals surface area contributed by atoms with Gasteiger partial charge >= 0.3 is 6.03 Å². The van der Waals surface area contributed by atoms with Crippen LogP contribution in [0.15, 0.2) is 24.3 Å². The van der Waals surface area contributed by atoms with Crippen LogP contribution in [0.4, 0.5) is 4.79 Å². The second-order valence-electron chi connectivity index (χ2n) is 5.28. The molecule has 0 aromatic heterocycles. The van der Waals surface area contributed by atoms with Gasteiger partial charge in [0.25, 0.3) is 0 Å². The number of nitrogens with one attached hydrogen (secondary N) is 2. The Morgan fingerprint density at radius 1 is 1.45 bits per heavy atom. The number of aliphatic hydroxyl groups is 1. The van der Waals surface area contributed by atoms with Crippen molar-refractivity contribution in [3.05, 3.63) is 29.8 Å². The molecule has 0 aliphatic carbocycles. The number of rotatable bonds is 5. The molecule has 110 valence electrons. The highest BCUT2D eigenvalue weighted by atomic mass is 16.5. The largest absolute Gasteiger partial charge is 0.493 e. The summed E-state index contributed by atoms with van der Waals surface area (Å²) in [4.78, 5) is 11.8. The molecule has 1 aromatic rings. The lowest BCUT2D eigenvalue weighted by Gasteiger charge is -2.20. The Labute approximate surface area is 119 Å². The SMILES string of the molecule is CC(O)CCNC(=O)NC(C)C1COc2ccccc21. The number of amides is 2. The van der Waals surface area contributed by atoms with Gasteiger partial charge in [-0.15, -0.1) is 0 Å². The van der Waals surface area contributed by atoms with E-state index in [9.17, 15) is 4.79 Å². The van der Waals surface area contributed by atoms with Crippen LogP contribution < -0.4 is 15.4 Å². The molecule has 1 heterocycles. The molecule has 1 aliphatic heterocycles. The number of aliphatic hydroxyl groups excluding tert-OH is 1. The van der Waals surface area contributed by atoms with E-state index >= 15 is 0 Å². The number of carbonyl (C=O) groups is 1. The lowest BCUT2D eigenvalue weighted by molar-refractivity contribution is 0.183. The Morgan fingerprint density at radius 2 is 2.20 bits per heavy atom. The summed E-state index contributed by atoms with van der Waals surface area (Å²) in [5.41, 5.74) is 1.14. The van der Waals surface area contributed by atoms with E-state index in [0.717, 1.165) is 11.3 Å². The standard InChI is InChI=1S/C15H22N2O3/c1-10(18)7-8-16-15(19)17-11(2)13-9-20-14-6-4-3-5-12(13)14/h3-6,10-11,13,18H,7-9H2,1-2H3,(H2,16,17,19). The average Bonchev–Trinajstić information content (AvgIpc) is 2.82. The Balaban J connectivity index is 1.84. The minimum absolute atomic E-state index is 0.00907. The van der Waals surface area contributed by atoms with Gasteiger partial charge in [0, 0.05) is 24.1 Å². The van der Waals surface area contributed by atoms with E-state index in [-0.39, 0.29) is 18.0 Å². The molecule has 3 unspecified atom stereocenters. The number of fused-ring (bicyclic) bond motifs is 1. The van der Waals surface area contributed by atoms with Gasteiger partial charge in [0.2, 0.25) is 0 Å². The first-order valence-corrected chi connectivity index (χ1v) is 7.02. The van der Waals surface area contributed by atoms with Crippen molar-refractivity contribution >= 4 is 6.03 Å². The fourth-order valence-electron chi connectivity index (χ4n) is 2.35. The normalized spacial score (nSPS) is 19.6. The first-order valence-electron chi connectivity index (χ1n) is 7.02. The van der Waals surface area contributed by atoms with Crippen molar-refractivity contribution < 1.29 is 14.6 Å². The molecule has 0 bridgehead atoms. The molecule has 0 saturated carbocycles. The molecule has 3 N–H and O–H groups in total. The van der Waals surface area contributed by atoms with Crippen LogP contribution >= 0.6 is 0 Å². The van der Waals surface area contributed by atoms with Crippen LogP contribution in [0, 0.1) is 0 Å². The van der Waals surface area contributed by atoms with E-state index in [1.807, 2.05) is 31.2 Å². The first-order chi connectivity index (χ1) is 9.58. The molecule has 0 spiro atoms. The number of benzene rings is 1. The number of hydrogen-bond donors (Lipinski definition) is 3. The van der Waals surface area contributed by atoms with Crippen molar-refractivity contribution in [2.45, 2.75) is 38.3 Å². The Morgan fingerprint density at radius 3 is 2.95 bits per heavy atom. The maximum atomic E-state index is 11.8. The Hall–Kier alpha value is -1.75. The van der Waals surface area contributed by atoms with Gasteiger partial charge < -0.3 is 20.5 Å². The molecular weight excluding hydrogens is 256 g/mol. The van der Waals surface area contributed by atoms with Crippen molar-refractivity contribution in [1.82, 2.24) is 10.6 Å². The third kappa shape index (κ3) is 3.63. The lowest BCUT2D eigenvalue weighted by Crippen LogP contribution is -2.44. The molecular formula is C15H22N2O3. The van der Waals surface area contributed by atoms with Crippen molar-refractivity contribution in [2.75, 3.05) is 13.2 Å². The highest BCUT2D eigenvalue weighted by molar-refractivity contribution is 5.74. The van der Waals surface area contributed by atoms with Crippen molar-refractivity contribution in [3.63, 3.8) is 0 Å². The van der Waals surface area contributed by atoms with E-state index in [1.165, 1.54) is 0 Å². The number of hydrogen-bond acceptors (Lipinski definition) is 3. The quantitative estimate of drug-likeness (QED) is 0.766. The summed E-state index contributed by atoms with van der Waals surface area (Å²) in [6.45, 7) is 4.74. The zero-order chi connectivity index (χ0) is 14.5. The summed E-state index contributed by atoms with van der Waals surface area (Å²) in [6, 6.07) is 7.70. The van der Waals surface area contributed by atoms with Crippen LogP contribution in [0.5, 0.6) is 5.75 Å². The summed E-state index contributed by atoms with van der Waals surface area (Å²) < 4.78 is 5.62. The fraction of sp³-hybridized carbons (Fsp3) is 0.533. The summed E-state index contributed by atoms with van der Waals surface area (Å²) in [5, 5.41) is 14.8. The second kappa shape index (κ2) is 6.61. The van der Waals surface area contributed by atoms with Crippen molar-refractivity contribution in [1.29, 1.82) is 0 Å². The molecule has 5 heteroatoms. The number of ether oxygens (including phenoxy) is 1. The monoisotopic (exact) mass is 278 g/mol. The molecule has 5 nitrogen and oxygen atoms in total. The summed E-state index contributed by atoms with van der Waals surface area (Å²) in [7, 11) is 0. The van der Waals surface area contributed by atoms with E-state index in [0.29, 0.717) is 19.6 Å². The molecule has 1 aliphatic rings. The van der Waals surface area contributed by atoms with Crippen LogP contribution in [-0.4, -0.2) is 36.4 Å². The maximum Gasteiger partial charge on any atom is 0.315 e. The molecule has 2 amide bonds. The number of urea groups is 1. The van der Waals surface area contributed by atoms with Gasteiger partial charge in [-0.25, -0.2) is 4.79 Å². The molecule has 2 rings (SSSR count). The third-order valence-electron chi connectivity index (χ3n) is 3.55. The van der Waals surface area contributed by atoms with Gasteiger partial charge in [0.15, 0.2) is 0 Å². The van der Waals surface area contributed by atoms with E-state index in [1.54, 1.807) is 6.92 Å². The minimum Gasteiger partial charge on any atom is -0.493 e. The van der Waals surface area contributed by atoms with Gasteiger partial charge in [-0.1, -0.05) is 18.2 Å². The van der Waals surface area contributed by atoms with Gasteiger partial charge in [0.05, 0.1) is 12.7 Å². The topological polar surface area (TPSA) is 70.6 Å². The molecule has 0 fully saturated rings.